The van der Waals surface area contributed by atoms with E-state index in [-0.39, 0.29) is 38.3 Å². The normalized spacial score (nSPS) is 15.5. The molecule has 1 fully saturated rings. The molecule has 10 heteroatoms. The lowest BCUT2D eigenvalue weighted by Gasteiger charge is -2.15. The first-order chi connectivity index (χ1) is 12.3. The number of phenols is 1. The van der Waals surface area contributed by atoms with E-state index in [1.165, 1.54) is 18.2 Å². The molecular weight excluding hydrogens is 385 g/mol. The summed E-state index contributed by atoms with van der Waals surface area (Å²) in [7, 11) is 0. The lowest BCUT2D eigenvalue weighted by Crippen LogP contribution is -2.35. The molecule has 2 amide bonds. The second kappa shape index (κ2) is 6.66. The Morgan fingerprint density at radius 3 is 2.50 bits per heavy atom. The van der Waals surface area contributed by atoms with Gasteiger partial charge in [-0.1, -0.05) is 23.2 Å². The Morgan fingerprint density at radius 2 is 1.85 bits per heavy atom. The van der Waals surface area contributed by atoms with Crippen LogP contribution in [0.2, 0.25) is 10.0 Å². The van der Waals surface area contributed by atoms with Gasteiger partial charge in [-0.2, -0.15) is 0 Å². The number of nitro groups is 1. The highest BCUT2D eigenvalue weighted by Gasteiger charge is 2.35. The molecule has 2 N–H and O–H groups in total. The smallest absolute Gasteiger partial charge is 0.282 e. The second-order valence-electron chi connectivity index (χ2n) is 5.24. The Kier molecular flexibility index (Phi) is 4.54. The molecule has 1 aliphatic heterocycles. The van der Waals surface area contributed by atoms with Crippen LogP contribution in [-0.2, 0) is 9.59 Å². The quantitative estimate of drug-likeness (QED) is 0.360. The number of benzene rings is 2. The van der Waals surface area contributed by atoms with E-state index < -0.39 is 16.7 Å². The van der Waals surface area contributed by atoms with E-state index in [4.69, 9.17) is 23.2 Å². The highest BCUT2D eigenvalue weighted by molar-refractivity contribution is 6.42. The number of amides is 2. The number of anilines is 1. The Balaban J connectivity index is 1.99. The van der Waals surface area contributed by atoms with Gasteiger partial charge in [0.2, 0.25) is 0 Å². The summed E-state index contributed by atoms with van der Waals surface area (Å²) in [6.45, 7) is 0. The zero-order valence-electron chi connectivity index (χ0n) is 12.8. The number of carbonyl (C=O) groups is 2. The summed E-state index contributed by atoms with van der Waals surface area (Å²) in [5.74, 6) is -1.75. The Bertz CT molecular complexity index is 990. The summed E-state index contributed by atoms with van der Waals surface area (Å²) in [6.07, 6.45) is 1.08. The summed E-state index contributed by atoms with van der Waals surface area (Å²) < 4.78 is 0. The maximum atomic E-state index is 12.5. The van der Waals surface area contributed by atoms with Gasteiger partial charge in [0.05, 0.1) is 20.7 Å². The number of hydrogen-bond acceptors (Lipinski definition) is 5. The Labute approximate surface area is 156 Å². The van der Waals surface area contributed by atoms with Crippen LogP contribution in [-0.4, -0.2) is 21.8 Å². The maximum Gasteiger partial charge on any atom is 0.282 e. The predicted octanol–water partition coefficient (Wildman–Crippen LogP) is 3.07. The third-order valence-electron chi connectivity index (χ3n) is 3.57. The minimum Gasteiger partial charge on any atom is -0.507 e. The third-order valence-corrected chi connectivity index (χ3v) is 4.31. The first kappa shape index (κ1) is 17.7. The monoisotopic (exact) mass is 393 g/mol. The highest BCUT2D eigenvalue weighted by atomic mass is 35.5. The number of carbonyl (C=O) groups excluding carboxylic acids is 2. The van der Waals surface area contributed by atoms with Crippen LogP contribution >= 0.6 is 23.2 Å². The van der Waals surface area contributed by atoms with Gasteiger partial charge >= 0.3 is 0 Å². The number of hydrogen-bond donors (Lipinski definition) is 2. The van der Waals surface area contributed by atoms with Gasteiger partial charge in [-0.25, -0.2) is 5.01 Å². The summed E-state index contributed by atoms with van der Waals surface area (Å²) in [5.41, 5.74) is 2.01. The Hall–Kier alpha value is -3.10. The van der Waals surface area contributed by atoms with Gasteiger partial charge in [0, 0.05) is 17.7 Å². The fourth-order valence-corrected chi connectivity index (χ4v) is 2.58. The van der Waals surface area contributed by atoms with E-state index in [1.807, 2.05) is 0 Å². The van der Waals surface area contributed by atoms with Crippen molar-refractivity contribution in [3.05, 3.63) is 67.7 Å². The summed E-state index contributed by atoms with van der Waals surface area (Å²) in [4.78, 5) is 34.9. The highest BCUT2D eigenvalue weighted by Crippen LogP contribution is 2.30. The second-order valence-corrected chi connectivity index (χ2v) is 6.05. The molecular formula is C16H9Cl2N3O5. The van der Waals surface area contributed by atoms with Gasteiger partial charge in [0.25, 0.3) is 17.5 Å². The van der Waals surface area contributed by atoms with E-state index in [1.54, 1.807) is 0 Å². The van der Waals surface area contributed by atoms with E-state index in [0.29, 0.717) is 0 Å². The maximum absolute atomic E-state index is 12.5. The van der Waals surface area contributed by atoms with Gasteiger partial charge in [0.1, 0.15) is 11.3 Å². The molecule has 0 aromatic heterocycles. The number of nitrogens with one attached hydrogen (secondary N) is 1. The Morgan fingerprint density at radius 1 is 1.12 bits per heavy atom. The number of nitro benzene ring substituents is 1. The van der Waals surface area contributed by atoms with Crippen molar-refractivity contribution in [2.75, 3.05) is 5.01 Å². The molecule has 132 valence electrons. The van der Waals surface area contributed by atoms with E-state index in [0.717, 1.165) is 29.3 Å². The molecule has 8 nitrogen and oxygen atoms in total. The molecule has 26 heavy (non-hydrogen) atoms. The standard InChI is InChI=1S/C16H9Cl2N3O5/c17-12-3-1-9(7-13(12)18)20-16(24)11(15(23)19-20)6-8-5-10(21(25)26)2-4-14(8)22/h1-7,22H,(H,19,23). The largest absolute Gasteiger partial charge is 0.507 e. The molecule has 3 rings (SSSR count). The minimum absolute atomic E-state index is 0.0336. The molecule has 0 radical (unpaired) electrons. The fraction of sp³-hybridized carbons (Fsp3) is 0. The predicted molar refractivity (Wildman–Crippen MR) is 94.8 cm³/mol. The molecule has 0 unspecified atom stereocenters. The van der Waals surface area contributed by atoms with Gasteiger partial charge in [-0.3, -0.25) is 25.1 Å². The lowest BCUT2D eigenvalue weighted by molar-refractivity contribution is -0.384. The average molecular weight is 394 g/mol. The van der Waals surface area contributed by atoms with Crippen LogP contribution in [0.1, 0.15) is 5.56 Å². The van der Waals surface area contributed by atoms with E-state index in [2.05, 4.69) is 5.43 Å². The van der Waals surface area contributed by atoms with Gasteiger partial charge in [0.15, 0.2) is 0 Å². The van der Waals surface area contributed by atoms with E-state index in [9.17, 15) is 24.8 Å². The molecule has 2 aromatic rings. The molecule has 0 saturated carbocycles. The number of nitrogens with zero attached hydrogens (tertiary/aromatic N) is 2. The van der Waals surface area contributed by atoms with Crippen molar-refractivity contribution < 1.29 is 19.6 Å². The van der Waals surface area contributed by atoms with Gasteiger partial charge < -0.3 is 5.11 Å². The van der Waals surface area contributed by atoms with Crippen LogP contribution in [0.25, 0.3) is 6.08 Å². The number of aromatic hydroxyl groups is 1. The first-order valence-electron chi connectivity index (χ1n) is 7.07. The van der Waals surface area contributed by atoms with Crippen LogP contribution in [0, 0.1) is 10.1 Å². The summed E-state index contributed by atoms with van der Waals surface area (Å²) in [6, 6.07) is 7.63. The summed E-state index contributed by atoms with van der Waals surface area (Å²) in [5, 5.41) is 22.1. The van der Waals surface area contributed by atoms with Gasteiger partial charge in [-0.15, -0.1) is 0 Å². The van der Waals surface area contributed by atoms with Gasteiger partial charge in [-0.05, 0) is 30.3 Å². The zero-order chi connectivity index (χ0) is 19.0. The molecule has 1 heterocycles. The van der Waals surface area contributed by atoms with Crippen molar-refractivity contribution in [1.29, 1.82) is 0 Å². The molecule has 0 bridgehead atoms. The molecule has 1 aliphatic rings. The lowest BCUT2D eigenvalue weighted by atomic mass is 10.1. The van der Waals surface area contributed by atoms with Crippen molar-refractivity contribution in [2.45, 2.75) is 0 Å². The van der Waals surface area contributed by atoms with Crippen LogP contribution in [0.15, 0.2) is 42.0 Å². The fourth-order valence-electron chi connectivity index (χ4n) is 2.29. The number of non-ortho nitro benzene ring substituents is 1. The first-order valence-corrected chi connectivity index (χ1v) is 7.83. The minimum atomic E-state index is -0.730. The topological polar surface area (TPSA) is 113 Å². The molecule has 0 spiro atoms. The average Bonchev–Trinajstić information content (AvgIpc) is 2.87. The molecule has 0 atom stereocenters. The van der Waals surface area contributed by atoms with Crippen LogP contribution < -0.4 is 10.4 Å². The van der Waals surface area contributed by atoms with Crippen molar-refractivity contribution in [3.8, 4) is 5.75 Å². The SMILES string of the molecule is O=C1NN(c2ccc(Cl)c(Cl)c2)C(=O)C1=Cc1cc([N+](=O)[O-])ccc1O. The van der Waals surface area contributed by atoms with Crippen LogP contribution in [0.3, 0.4) is 0 Å². The number of hydrazine groups is 1. The molecule has 0 aliphatic carbocycles. The number of phenolic OH excluding ortho intramolecular Hbond substituents is 1. The molecule has 2 aromatic carbocycles. The number of rotatable bonds is 3. The van der Waals surface area contributed by atoms with Crippen molar-refractivity contribution in [2.24, 2.45) is 0 Å². The molecule has 1 saturated heterocycles. The van der Waals surface area contributed by atoms with Crippen LogP contribution in [0.4, 0.5) is 11.4 Å². The summed E-state index contributed by atoms with van der Waals surface area (Å²) >= 11 is 11.7. The zero-order valence-corrected chi connectivity index (χ0v) is 14.3. The van der Waals surface area contributed by atoms with Crippen molar-refractivity contribution >= 4 is 52.5 Å². The van der Waals surface area contributed by atoms with E-state index >= 15 is 0 Å². The van der Waals surface area contributed by atoms with Crippen LogP contribution in [0.5, 0.6) is 5.75 Å². The third kappa shape index (κ3) is 3.19. The van der Waals surface area contributed by atoms with Crippen molar-refractivity contribution in [3.63, 3.8) is 0 Å². The number of halogens is 2. The van der Waals surface area contributed by atoms with Crippen molar-refractivity contribution in [1.82, 2.24) is 5.43 Å².